The number of rotatable bonds is 7. The topological polar surface area (TPSA) is 75.4 Å². The van der Waals surface area contributed by atoms with Gasteiger partial charge in [0.1, 0.15) is 5.75 Å². The first kappa shape index (κ1) is 14.5. The van der Waals surface area contributed by atoms with Crippen LogP contribution in [0, 0.1) is 6.92 Å². The van der Waals surface area contributed by atoms with Gasteiger partial charge in [0, 0.05) is 6.42 Å². The largest absolute Gasteiger partial charge is 0.505 e. The quantitative estimate of drug-likeness (QED) is 0.514. The summed E-state index contributed by atoms with van der Waals surface area (Å²) in [7, 11) is 0. The van der Waals surface area contributed by atoms with Gasteiger partial charge in [0.2, 0.25) is 5.91 Å². The molecule has 0 unspecified atom stereocenters. The van der Waals surface area contributed by atoms with Gasteiger partial charge in [0.15, 0.2) is 0 Å². The first-order valence-electron chi connectivity index (χ1n) is 6.43. The van der Waals surface area contributed by atoms with Gasteiger partial charge in [-0.2, -0.15) is 0 Å². The molecule has 18 heavy (non-hydrogen) atoms. The molecule has 0 bridgehead atoms. The Kier molecular flexibility index (Phi) is 6.22. The van der Waals surface area contributed by atoms with E-state index >= 15 is 0 Å². The number of para-hydroxylation sites is 1. The van der Waals surface area contributed by atoms with E-state index in [1.54, 1.807) is 19.1 Å². The Balaban J connectivity index is 2.34. The van der Waals surface area contributed by atoms with Crippen molar-refractivity contribution in [2.24, 2.45) is 5.73 Å². The van der Waals surface area contributed by atoms with Crippen LogP contribution in [0.1, 0.15) is 37.7 Å². The van der Waals surface area contributed by atoms with Crippen molar-refractivity contribution in [2.75, 3.05) is 11.9 Å². The summed E-state index contributed by atoms with van der Waals surface area (Å²) in [5, 5.41) is 12.5. The summed E-state index contributed by atoms with van der Waals surface area (Å²) in [4.78, 5) is 11.7. The summed E-state index contributed by atoms with van der Waals surface area (Å²) in [5.74, 6) is 0.0950. The van der Waals surface area contributed by atoms with Crippen molar-refractivity contribution in [3.63, 3.8) is 0 Å². The van der Waals surface area contributed by atoms with Gasteiger partial charge in [0.25, 0.3) is 0 Å². The van der Waals surface area contributed by atoms with Crippen LogP contribution in [-0.4, -0.2) is 17.6 Å². The van der Waals surface area contributed by atoms with E-state index in [9.17, 15) is 9.90 Å². The predicted octanol–water partition coefficient (Wildman–Crippen LogP) is 2.55. The lowest BCUT2D eigenvalue weighted by atomic mass is 10.1. The van der Waals surface area contributed by atoms with Crippen LogP contribution in [0.2, 0.25) is 0 Å². The normalized spacial score (nSPS) is 10.3. The van der Waals surface area contributed by atoms with E-state index in [-0.39, 0.29) is 11.7 Å². The molecule has 1 rings (SSSR count). The first-order valence-corrected chi connectivity index (χ1v) is 6.43. The van der Waals surface area contributed by atoms with Crippen LogP contribution in [0.15, 0.2) is 18.2 Å². The highest BCUT2D eigenvalue weighted by Gasteiger charge is 2.07. The minimum absolute atomic E-state index is 0.0522. The zero-order valence-corrected chi connectivity index (χ0v) is 10.9. The summed E-state index contributed by atoms with van der Waals surface area (Å²) < 4.78 is 0. The van der Waals surface area contributed by atoms with E-state index in [4.69, 9.17) is 5.73 Å². The molecule has 0 radical (unpaired) electrons. The molecule has 4 N–H and O–H groups in total. The highest BCUT2D eigenvalue weighted by Crippen LogP contribution is 2.26. The number of aromatic hydroxyl groups is 1. The number of carbonyl (C=O) groups is 1. The number of phenolic OH excluding ortho intramolecular Hbond substituents is 1. The van der Waals surface area contributed by atoms with Gasteiger partial charge in [-0.15, -0.1) is 0 Å². The summed E-state index contributed by atoms with van der Waals surface area (Å²) in [6.07, 6.45) is 4.44. The Hall–Kier alpha value is -1.55. The second-order valence-electron chi connectivity index (χ2n) is 4.47. The van der Waals surface area contributed by atoms with E-state index in [1.807, 2.05) is 6.07 Å². The minimum atomic E-state index is -0.0522. The van der Waals surface area contributed by atoms with Crippen LogP contribution in [-0.2, 0) is 4.79 Å². The number of hydrogen-bond acceptors (Lipinski definition) is 3. The zero-order valence-electron chi connectivity index (χ0n) is 10.9. The molecule has 100 valence electrons. The monoisotopic (exact) mass is 250 g/mol. The maximum atomic E-state index is 11.7. The van der Waals surface area contributed by atoms with Gasteiger partial charge in [-0.1, -0.05) is 25.0 Å². The van der Waals surface area contributed by atoms with Crippen molar-refractivity contribution >= 4 is 11.6 Å². The molecule has 4 nitrogen and oxygen atoms in total. The maximum absolute atomic E-state index is 11.7. The Morgan fingerprint density at radius 3 is 2.72 bits per heavy atom. The van der Waals surface area contributed by atoms with Crippen molar-refractivity contribution < 1.29 is 9.90 Å². The lowest BCUT2D eigenvalue weighted by Gasteiger charge is -2.08. The predicted molar refractivity (Wildman–Crippen MR) is 73.6 cm³/mol. The van der Waals surface area contributed by atoms with E-state index in [1.165, 1.54) is 0 Å². The fraction of sp³-hybridized carbons (Fsp3) is 0.500. The molecule has 1 aromatic rings. The second-order valence-corrected chi connectivity index (χ2v) is 4.47. The van der Waals surface area contributed by atoms with E-state index < -0.39 is 0 Å². The molecule has 0 fully saturated rings. The van der Waals surface area contributed by atoms with Gasteiger partial charge in [-0.3, -0.25) is 4.79 Å². The number of amides is 1. The molecule has 0 spiro atoms. The summed E-state index contributed by atoms with van der Waals surface area (Å²) >= 11 is 0. The summed E-state index contributed by atoms with van der Waals surface area (Å²) in [6, 6.07) is 5.32. The lowest BCUT2D eigenvalue weighted by molar-refractivity contribution is -0.116. The molecular weight excluding hydrogens is 228 g/mol. The molecular formula is C14H22N2O2. The summed E-state index contributed by atoms with van der Waals surface area (Å²) in [6.45, 7) is 2.52. The molecule has 0 aromatic heterocycles. The van der Waals surface area contributed by atoms with Crippen LogP contribution in [0.3, 0.4) is 0 Å². The number of hydrogen-bond donors (Lipinski definition) is 3. The van der Waals surface area contributed by atoms with Crippen molar-refractivity contribution in [1.29, 1.82) is 0 Å². The Labute approximate surface area is 108 Å². The number of unbranched alkanes of at least 4 members (excludes halogenated alkanes) is 3. The summed E-state index contributed by atoms with van der Waals surface area (Å²) in [5.41, 5.74) is 6.64. The Morgan fingerprint density at radius 1 is 1.28 bits per heavy atom. The third-order valence-electron chi connectivity index (χ3n) is 2.87. The second kappa shape index (κ2) is 7.71. The van der Waals surface area contributed by atoms with E-state index in [2.05, 4.69) is 5.32 Å². The van der Waals surface area contributed by atoms with Crippen molar-refractivity contribution in [3.05, 3.63) is 23.8 Å². The Bertz CT molecular complexity index is 391. The van der Waals surface area contributed by atoms with Gasteiger partial charge in [0.05, 0.1) is 5.69 Å². The fourth-order valence-corrected chi connectivity index (χ4v) is 1.76. The van der Waals surface area contributed by atoms with Gasteiger partial charge < -0.3 is 16.2 Å². The molecule has 0 saturated heterocycles. The highest BCUT2D eigenvalue weighted by atomic mass is 16.3. The highest BCUT2D eigenvalue weighted by molar-refractivity contribution is 5.92. The van der Waals surface area contributed by atoms with E-state index in [0.717, 1.165) is 31.2 Å². The molecule has 4 heteroatoms. The third kappa shape index (κ3) is 4.75. The number of benzene rings is 1. The molecule has 0 heterocycles. The molecule has 1 aromatic carbocycles. The number of anilines is 1. The average Bonchev–Trinajstić information content (AvgIpc) is 2.35. The number of phenols is 1. The molecule has 0 aliphatic carbocycles. The lowest BCUT2D eigenvalue weighted by Crippen LogP contribution is -2.11. The van der Waals surface area contributed by atoms with Crippen molar-refractivity contribution in [1.82, 2.24) is 0 Å². The number of nitrogens with one attached hydrogen (secondary N) is 1. The molecule has 0 aliphatic rings. The minimum Gasteiger partial charge on any atom is -0.505 e. The first-order chi connectivity index (χ1) is 8.65. The molecule has 1 amide bonds. The van der Waals surface area contributed by atoms with E-state index in [0.29, 0.717) is 18.7 Å². The average molecular weight is 250 g/mol. The van der Waals surface area contributed by atoms with Crippen LogP contribution >= 0.6 is 0 Å². The van der Waals surface area contributed by atoms with Crippen LogP contribution < -0.4 is 11.1 Å². The zero-order chi connectivity index (χ0) is 13.4. The SMILES string of the molecule is Cc1cccc(NC(=O)CCCCCCN)c1O. The van der Waals surface area contributed by atoms with Gasteiger partial charge in [-0.05, 0) is 37.9 Å². The van der Waals surface area contributed by atoms with Crippen LogP contribution in [0.25, 0.3) is 0 Å². The van der Waals surface area contributed by atoms with Gasteiger partial charge >= 0.3 is 0 Å². The third-order valence-corrected chi connectivity index (χ3v) is 2.87. The fourth-order valence-electron chi connectivity index (χ4n) is 1.76. The van der Waals surface area contributed by atoms with Gasteiger partial charge in [-0.25, -0.2) is 0 Å². The number of nitrogens with two attached hydrogens (primary N) is 1. The molecule has 0 saturated carbocycles. The van der Waals surface area contributed by atoms with Crippen molar-refractivity contribution in [3.8, 4) is 5.75 Å². The number of aryl methyl sites for hydroxylation is 1. The van der Waals surface area contributed by atoms with Crippen molar-refractivity contribution in [2.45, 2.75) is 39.0 Å². The van der Waals surface area contributed by atoms with Crippen LogP contribution in [0.5, 0.6) is 5.75 Å². The Morgan fingerprint density at radius 2 is 2.00 bits per heavy atom. The number of carbonyl (C=O) groups excluding carboxylic acids is 1. The molecule has 0 atom stereocenters. The maximum Gasteiger partial charge on any atom is 0.224 e. The standard InChI is InChI=1S/C14H22N2O2/c1-11-7-6-8-12(14(11)18)16-13(17)9-4-2-3-5-10-15/h6-8,18H,2-5,9-10,15H2,1H3,(H,16,17). The van der Waals surface area contributed by atoms with Crippen LogP contribution in [0.4, 0.5) is 5.69 Å². The smallest absolute Gasteiger partial charge is 0.224 e. The molecule has 0 aliphatic heterocycles.